The van der Waals surface area contributed by atoms with Gasteiger partial charge in [-0.05, 0) is 31.5 Å². The van der Waals surface area contributed by atoms with Crippen molar-refractivity contribution in [1.82, 2.24) is 5.32 Å². The minimum atomic E-state index is -0.0824. The molecule has 4 nitrogen and oxygen atoms in total. The van der Waals surface area contributed by atoms with Crippen molar-refractivity contribution in [3.8, 4) is 0 Å². The standard InChI is InChI=1S/C14H18N2O2/c1-15-10-11-6-2-3-7-12(11)16-13(17)8-4-5-9-14(16)18/h2-3,6-7,15H,4-5,8-10H2,1H3. The molecule has 0 aliphatic carbocycles. The maximum atomic E-state index is 12.1. The third kappa shape index (κ3) is 2.59. The molecule has 0 bridgehead atoms. The molecule has 0 radical (unpaired) electrons. The molecule has 18 heavy (non-hydrogen) atoms. The third-order valence-electron chi connectivity index (χ3n) is 3.13. The number of hydrogen-bond donors (Lipinski definition) is 1. The lowest BCUT2D eigenvalue weighted by Gasteiger charge is -2.21. The molecule has 96 valence electrons. The molecule has 2 amide bonds. The Kier molecular flexibility index (Phi) is 4.10. The molecule has 1 saturated heterocycles. The molecule has 0 aromatic heterocycles. The van der Waals surface area contributed by atoms with Gasteiger partial charge in [0.05, 0.1) is 5.69 Å². The molecular formula is C14H18N2O2. The second-order valence-corrected chi connectivity index (χ2v) is 4.49. The topological polar surface area (TPSA) is 49.4 Å². The first-order chi connectivity index (χ1) is 8.74. The van der Waals surface area contributed by atoms with Crippen molar-refractivity contribution in [3.63, 3.8) is 0 Å². The second kappa shape index (κ2) is 5.78. The van der Waals surface area contributed by atoms with Crippen molar-refractivity contribution in [2.75, 3.05) is 11.9 Å². The van der Waals surface area contributed by atoms with Gasteiger partial charge in [-0.15, -0.1) is 0 Å². The van der Waals surface area contributed by atoms with Crippen LogP contribution in [0.5, 0.6) is 0 Å². The highest BCUT2D eigenvalue weighted by Crippen LogP contribution is 2.25. The van der Waals surface area contributed by atoms with E-state index in [1.54, 1.807) is 0 Å². The van der Waals surface area contributed by atoms with Crippen LogP contribution in [0.2, 0.25) is 0 Å². The predicted octanol–water partition coefficient (Wildman–Crippen LogP) is 1.84. The van der Waals surface area contributed by atoms with E-state index in [4.69, 9.17) is 0 Å². The van der Waals surface area contributed by atoms with Gasteiger partial charge in [-0.2, -0.15) is 0 Å². The first-order valence-electron chi connectivity index (χ1n) is 6.32. The Hall–Kier alpha value is -1.68. The quantitative estimate of drug-likeness (QED) is 0.828. The average Bonchev–Trinajstić information content (AvgIpc) is 2.52. The van der Waals surface area contributed by atoms with Gasteiger partial charge in [0.2, 0.25) is 11.8 Å². The lowest BCUT2D eigenvalue weighted by molar-refractivity contribution is -0.125. The Morgan fingerprint density at radius 3 is 2.33 bits per heavy atom. The van der Waals surface area contributed by atoms with E-state index in [0.29, 0.717) is 19.4 Å². The summed E-state index contributed by atoms with van der Waals surface area (Å²) in [7, 11) is 1.85. The van der Waals surface area contributed by atoms with Gasteiger partial charge in [0, 0.05) is 19.4 Å². The van der Waals surface area contributed by atoms with Gasteiger partial charge in [0.1, 0.15) is 0 Å². The minimum absolute atomic E-state index is 0.0824. The van der Waals surface area contributed by atoms with Crippen LogP contribution >= 0.6 is 0 Å². The summed E-state index contributed by atoms with van der Waals surface area (Å²) in [5.41, 5.74) is 1.70. The van der Waals surface area contributed by atoms with Crippen molar-refractivity contribution in [1.29, 1.82) is 0 Å². The highest BCUT2D eigenvalue weighted by atomic mass is 16.2. The first-order valence-corrected chi connectivity index (χ1v) is 6.32. The van der Waals surface area contributed by atoms with E-state index in [1.807, 2.05) is 31.3 Å². The van der Waals surface area contributed by atoms with Crippen LogP contribution in [-0.4, -0.2) is 18.9 Å². The smallest absolute Gasteiger partial charge is 0.233 e. The molecule has 0 spiro atoms. The number of nitrogens with one attached hydrogen (secondary N) is 1. The first kappa shape index (κ1) is 12.8. The number of nitrogens with zero attached hydrogens (tertiary/aromatic N) is 1. The SMILES string of the molecule is CNCc1ccccc1N1C(=O)CCCCC1=O. The molecular weight excluding hydrogens is 228 g/mol. The zero-order valence-corrected chi connectivity index (χ0v) is 10.6. The van der Waals surface area contributed by atoms with Crippen LogP contribution in [0.15, 0.2) is 24.3 Å². The van der Waals surface area contributed by atoms with E-state index in [2.05, 4.69) is 5.32 Å². The van der Waals surface area contributed by atoms with Crippen LogP contribution in [0.25, 0.3) is 0 Å². The Morgan fingerprint density at radius 1 is 1.11 bits per heavy atom. The van der Waals surface area contributed by atoms with Crippen LogP contribution in [0.3, 0.4) is 0 Å². The lowest BCUT2D eigenvalue weighted by Crippen LogP contribution is -2.36. The zero-order chi connectivity index (χ0) is 13.0. The van der Waals surface area contributed by atoms with Gasteiger partial charge in [-0.3, -0.25) is 14.5 Å². The lowest BCUT2D eigenvalue weighted by atomic mass is 10.1. The molecule has 0 atom stereocenters. The summed E-state index contributed by atoms with van der Waals surface area (Å²) < 4.78 is 0. The van der Waals surface area contributed by atoms with Crippen molar-refractivity contribution < 1.29 is 9.59 Å². The second-order valence-electron chi connectivity index (χ2n) is 4.49. The number of benzene rings is 1. The molecule has 1 aliphatic rings. The summed E-state index contributed by atoms with van der Waals surface area (Å²) in [6, 6.07) is 7.56. The van der Waals surface area contributed by atoms with E-state index in [-0.39, 0.29) is 11.8 Å². The molecule has 1 aliphatic heterocycles. The molecule has 1 aromatic carbocycles. The van der Waals surface area contributed by atoms with Crippen molar-refractivity contribution in [2.24, 2.45) is 0 Å². The average molecular weight is 246 g/mol. The van der Waals surface area contributed by atoms with Gasteiger partial charge in [0.15, 0.2) is 0 Å². The van der Waals surface area contributed by atoms with Gasteiger partial charge in [0.25, 0.3) is 0 Å². The van der Waals surface area contributed by atoms with Gasteiger partial charge < -0.3 is 5.32 Å². The molecule has 2 rings (SSSR count). The maximum Gasteiger partial charge on any atom is 0.233 e. The Balaban J connectivity index is 2.38. The fourth-order valence-corrected chi connectivity index (χ4v) is 2.25. The number of hydrogen-bond acceptors (Lipinski definition) is 3. The zero-order valence-electron chi connectivity index (χ0n) is 10.6. The fourth-order valence-electron chi connectivity index (χ4n) is 2.25. The number of carbonyl (C=O) groups excluding carboxylic acids is 2. The molecule has 1 heterocycles. The highest BCUT2D eigenvalue weighted by Gasteiger charge is 2.26. The number of carbonyl (C=O) groups is 2. The summed E-state index contributed by atoms with van der Waals surface area (Å²) in [5.74, 6) is -0.165. The molecule has 0 saturated carbocycles. The minimum Gasteiger partial charge on any atom is -0.316 e. The monoisotopic (exact) mass is 246 g/mol. The van der Waals surface area contributed by atoms with Crippen LogP contribution in [-0.2, 0) is 16.1 Å². The number of para-hydroxylation sites is 1. The predicted molar refractivity (Wildman–Crippen MR) is 70.2 cm³/mol. The van der Waals surface area contributed by atoms with Gasteiger partial charge in [-0.1, -0.05) is 18.2 Å². The summed E-state index contributed by atoms with van der Waals surface area (Å²) in [4.78, 5) is 25.5. The summed E-state index contributed by atoms with van der Waals surface area (Å²) in [5, 5.41) is 3.06. The van der Waals surface area contributed by atoms with Crippen LogP contribution in [0.1, 0.15) is 31.2 Å². The Bertz CT molecular complexity index is 439. The molecule has 1 aromatic rings. The van der Waals surface area contributed by atoms with Crippen molar-refractivity contribution in [2.45, 2.75) is 32.2 Å². The van der Waals surface area contributed by atoms with Gasteiger partial charge >= 0.3 is 0 Å². The molecule has 1 fully saturated rings. The van der Waals surface area contributed by atoms with Crippen molar-refractivity contribution >= 4 is 17.5 Å². The third-order valence-corrected chi connectivity index (χ3v) is 3.13. The van der Waals surface area contributed by atoms with E-state index < -0.39 is 0 Å². The number of anilines is 1. The summed E-state index contributed by atoms with van der Waals surface area (Å²) in [6.45, 7) is 0.646. The molecule has 0 unspecified atom stereocenters. The number of amides is 2. The number of rotatable bonds is 3. The Morgan fingerprint density at radius 2 is 1.72 bits per heavy atom. The van der Waals surface area contributed by atoms with Crippen LogP contribution in [0.4, 0.5) is 5.69 Å². The number of imide groups is 1. The van der Waals surface area contributed by atoms with Gasteiger partial charge in [-0.25, -0.2) is 0 Å². The maximum absolute atomic E-state index is 12.1. The van der Waals surface area contributed by atoms with E-state index in [1.165, 1.54) is 4.90 Å². The van der Waals surface area contributed by atoms with Crippen molar-refractivity contribution in [3.05, 3.63) is 29.8 Å². The normalized spacial score (nSPS) is 16.8. The van der Waals surface area contributed by atoms with E-state index >= 15 is 0 Å². The highest BCUT2D eigenvalue weighted by molar-refractivity contribution is 6.15. The van der Waals surface area contributed by atoms with E-state index in [0.717, 1.165) is 24.1 Å². The van der Waals surface area contributed by atoms with Crippen LogP contribution in [0, 0.1) is 0 Å². The molecule has 4 heteroatoms. The van der Waals surface area contributed by atoms with E-state index in [9.17, 15) is 9.59 Å². The summed E-state index contributed by atoms with van der Waals surface area (Å²) >= 11 is 0. The Labute approximate surface area is 107 Å². The largest absolute Gasteiger partial charge is 0.316 e. The molecule has 1 N–H and O–H groups in total. The summed E-state index contributed by atoms with van der Waals surface area (Å²) in [6.07, 6.45) is 2.52. The fraction of sp³-hybridized carbons (Fsp3) is 0.429. The van der Waals surface area contributed by atoms with Crippen LogP contribution < -0.4 is 10.2 Å².